The minimum Gasteiger partial charge on any atom is -0.389 e. The van der Waals surface area contributed by atoms with Crippen molar-refractivity contribution in [3.05, 3.63) is 0 Å². The maximum atomic E-state index is 9.55. The summed E-state index contributed by atoms with van der Waals surface area (Å²) in [6, 6.07) is 0.705. The Morgan fingerprint density at radius 3 is 2.69 bits per heavy atom. The Bertz CT molecular complexity index is 137. The van der Waals surface area contributed by atoms with Crippen LogP contribution in [0.15, 0.2) is 0 Å². The number of rotatable bonds is 6. The first-order valence-electron chi connectivity index (χ1n) is 5.20. The van der Waals surface area contributed by atoms with E-state index in [9.17, 15) is 5.11 Å². The largest absolute Gasteiger partial charge is 0.389 e. The molecule has 0 saturated heterocycles. The summed E-state index contributed by atoms with van der Waals surface area (Å²) in [7, 11) is 2.08. The van der Waals surface area contributed by atoms with Gasteiger partial charge in [0, 0.05) is 19.2 Å². The zero-order valence-corrected chi connectivity index (χ0v) is 8.70. The van der Waals surface area contributed by atoms with Crippen LogP contribution in [0.2, 0.25) is 0 Å². The number of likely N-dealkylation sites (N-methyl/N-ethyl adjacent to an activating group) is 1. The molecule has 1 N–H and O–H groups in total. The SMILES string of the molecule is CCOCC(O)CN(C)C1CCC1. The molecule has 1 aliphatic carbocycles. The Morgan fingerprint density at radius 2 is 2.23 bits per heavy atom. The molecular weight excluding hydrogens is 166 g/mol. The predicted molar refractivity (Wildman–Crippen MR) is 52.8 cm³/mol. The summed E-state index contributed by atoms with van der Waals surface area (Å²) in [6.45, 7) is 3.84. The van der Waals surface area contributed by atoms with Crippen molar-refractivity contribution < 1.29 is 9.84 Å². The zero-order chi connectivity index (χ0) is 9.68. The van der Waals surface area contributed by atoms with Crippen molar-refractivity contribution in [2.45, 2.75) is 38.3 Å². The molecular formula is C10H21NO2. The topological polar surface area (TPSA) is 32.7 Å². The molecule has 0 amide bonds. The van der Waals surface area contributed by atoms with Gasteiger partial charge in [-0.2, -0.15) is 0 Å². The van der Waals surface area contributed by atoms with E-state index in [1.165, 1.54) is 19.3 Å². The zero-order valence-electron chi connectivity index (χ0n) is 8.70. The lowest BCUT2D eigenvalue weighted by atomic mass is 9.92. The van der Waals surface area contributed by atoms with Gasteiger partial charge in [-0.05, 0) is 26.8 Å². The van der Waals surface area contributed by atoms with Gasteiger partial charge in [0.1, 0.15) is 0 Å². The van der Waals surface area contributed by atoms with E-state index in [0.29, 0.717) is 19.3 Å². The monoisotopic (exact) mass is 187 g/mol. The first kappa shape index (κ1) is 11.0. The molecule has 1 aliphatic rings. The molecule has 78 valence electrons. The van der Waals surface area contributed by atoms with Gasteiger partial charge in [0.25, 0.3) is 0 Å². The fourth-order valence-electron chi connectivity index (χ4n) is 1.62. The van der Waals surface area contributed by atoms with Crippen molar-refractivity contribution in [1.82, 2.24) is 4.90 Å². The molecule has 13 heavy (non-hydrogen) atoms. The van der Waals surface area contributed by atoms with E-state index in [2.05, 4.69) is 11.9 Å². The first-order valence-corrected chi connectivity index (χ1v) is 5.20. The predicted octanol–water partition coefficient (Wildman–Crippen LogP) is 0.868. The van der Waals surface area contributed by atoms with Crippen molar-refractivity contribution >= 4 is 0 Å². The van der Waals surface area contributed by atoms with Crippen molar-refractivity contribution in [2.24, 2.45) is 0 Å². The Hall–Kier alpha value is -0.120. The summed E-state index contributed by atoms with van der Waals surface area (Å²) in [5, 5.41) is 9.55. The van der Waals surface area contributed by atoms with Crippen LogP contribution in [0, 0.1) is 0 Å². The summed E-state index contributed by atoms with van der Waals surface area (Å²) < 4.78 is 5.15. The van der Waals surface area contributed by atoms with Crippen LogP contribution in [0.5, 0.6) is 0 Å². The number of nitrogens with zero attached hydrogens (tertiary/aromatic N) is 1. The third-order valence-electron chi connectivity index (χ3n) is 2.71. The van der Waals surface area contributed by atoms with E-state index in [-0.39, 0.29) is 6.10 Å². The Kier molecular flexibility index (Phi) is 4.70. The van der Waals surface area contributed by atoms with Crippen LogP contribution >= 0.6 is 0 Å². The van der Waals surface area contributed by atoms with Crippen LogP contribution < -0.4 is 0 Å². The van der Waals surface area contributed by atoms with Crippen molar-refractivity contribution in [3.8, 4) is 0 Å². The van der Waals surface area contributed by atoms with Crippen molar-refractivity contribution in [1.29, 1.82) is 0 Å². The molecule has 0 heterocycles. The van der Waals surface area contributed by atoms with E-state index < -0.39 is 0 Å². The summed E-state index contributed by atoms with van der Waals surface area (Å²) in [6.07, 6.45) is 3.59. The Balaban J connectivity index is 2.07. The smallest absolute Gasteiger partial charge is 0.0900 e. The summed E-state index contributed by atoms with van der Waals surface area (Å²) >= 11 is 0. The second kappa shape index (κ2) is 5.58. The number of hydrogen-bond donors (Lipinski definition) is 1. The molecule has 1 fully saturated rings. The molecule has 3 nitrogen and oxygen atoms in total. The molecule has 0 aromatic carbocycles. The maximum Gasteiger partial charge on any atom is 0.0900 e. The minimum absolute atomic E-state index is 0.328. The van der Waals surface area contributed by atoms with E-state index in [1.807, 2.05) is 6.92 Å². The van der Waals surface area contributed by atoms with Gasteiger partial charge < -0.3 is 14.7 Å². The van der Waals surface area contributed by atoms with Crippen LogP contribution in [0.25, 0.3) is 0 Å². The first-order chi connectivity index (χ1) is 6.24. The molecule has 1 rings (SSSR count). The molecule has 1 unspecified atom stereocenters. The van der Waals surface area contributed by atoms with Gasteiger partial charge in [-0.1, -0.05) is 6.42 Å². The number of aliphatic hydroxyl groups is 1. The molecule has 3 heteroatoms. The van der Waals surface area contributed by atoms with Gasteiger partial charge in [0.05, 0.1) is 12.7 Å². The fourth-order valence-corrected chi connectivity index (χ4v) is 1.62. The van der Waals surface area contributed by atoms with Gasteiger partial charge >= 0.3 is 0 Å². The molecule has 0 spiro atoms. The van der Waals surface area contributed by atoms with E-state index >= 15 is 0 Å². The maximum absolute atomic E-state index is 9.55. The molecule has 0 aromatic heterocycles. The van der Waals surface area contributed by atoms with Crippen molar-refractivity contribution in [3.63, 3.8) is 0 Å². The molecule has 0 aromatic rings. The van der Waals surface area contributed by atoms with Crippen molar-refractivity contribution in [2.75, 3.05) is 26.8 Å². The number of hydrogen-bond acceptors (Lipinski definition) is 3. The van der Waals surface area contributed by atoms with Gasteiger partial charge in [0.15, 0.2) is 0 Å². The Morgan fingerprint density at radius 1 is 1.54 bits per heavy atom. The van der Waals surface area contributed by atoms with Crippen LogP contribution in [0.4, 0.5) is 0 Å². The highest BCUT2D eigenvalue weighted by Gasteiger charge is 2.23. The number of ether oxygens (including phenoxy) is 1. The van der Waals surface area contributed by atoms with Crippen LogP contribution in [0.3, 0.4) is 0 Å². The van der Waals surface area contributed by atoms with E-state index in [4.69, 9.17) is 4.74 Å². The highest BCUT2D eigenvalue weighted by atomic mass is 16.5. The second-order valence-corrected chi connectivity index (χ2v) is 3.84. The highest BCUT2D eigenvalue weighted by molar-refractivity contribution is 4.79. The second-order valence-electron chi connectivity index (χ2n) is 3.84. The lowest BCUT2D eigenvalue weighted by Gasteiger charge is -2.35. The van der Waals surface area contributed by atoms with Gasteiger partial charge in [-0.3, -0.25) is 0 Å². The number of aliphatic hydroxyl groups excluding tert-OH is 1. The molecule has 1 saturated carbocycles. The third kappa shape index (κ3) is 3.63. The van der Waals surface area contributed by atoms with Gasteiger partial charge in [-0.15, -0.1) is 0 Å². The molecule has 1 atom stereocenters. The summed E-state index contributed by atoms with van der Waals surface area (Å²) in [5.74, 6) is 0. The summed E-state index contributed by atoms with van der Waals surface area (Å²) in [5.41, 5.74) is 0. The quantitative estimate of drug-likeness (QED) is 0.669. The lowest BCUT2D eigenvalue weighted by molar-refractivity contribution is 0.0106. The average Bonchev–Trinajstić information content (AvgIpc) is 1.97. The fraction of sp³-hybridized carbons (Fsp3) is 1.00. The van der Waals surface area contributed by atoms with Crippen LogP contribution in [0.1, 0.15) is 26.2 Å². The lowest BCUT2D eigenvalue weighted by Crippen LogP contribution is -2.42. The van der Waals surface area contributed by atoms with Gasteiger partial charge in [-0.25, -0.2) is 0 Å². The standard InChI is InChI=1S/C10H21NO2/c1-3-13-8-10(12)7-11(2)9-5-4-6-9/h9-10,12H,3-8H2,1-2H3. The molecule has 0 aliphatic heterocycles. The average molecular weight is 187 g/mol. The van der Waals surface area contributed by atoms with Crippen LogP contribution in [-0.4, -0.2) is 49.0 Å². The van der Waals surface area contributed by atoms with E-state index in [1.54, 1.807) is 0 Å². The highest BCUT2D eigenvalue weighted by Crippen LogP contribution is 2.23. The van der Waals surface area contributed by atoms with Gasteiger partial charge in [0.2, 0.25) is 0 Å². The minimum atomic E-state index is -0.328. The van der Waals surface area contributed by atoms with Crippen LogP contribution in [-0.2, 0) is 4.74 Å². The van der Waals surface area contributed by atoms with E-state index in [0.717, 1.165) is 6.54 Å². The molecule has 0 radical (unpaired) electrons. The third-order valence-corrected chi connectivity index (χ3v) is 2.71. The molecule has 0 bridgehead atoms. The Labute approximate surface area is 80.7 Å². The normalized spacial score (nSPS) is 20.3. The summed E-state index contributed by atoms with van der Waals surface area (Å²) in [4.78, 5) is 2.24.